The number of rotatable bonds is 4. The third kappa shape index (κ3) is 2.45. The molecule has 2 rings (SSSR count). The normalized spacial score (nSPS) is 12.7. The molecule has 0 aliphatic heterocycles. The smallest absolute Gasteiger partial charge is 0.244 e. The van der Waals surface area contributed by atoms with Gasteiger partial charge in [-0.2, -0.15) is 4.98 Å². The van der Waals surface area contributed by atoms with Crippen LogP contribution in [0, 0.1) is 5.92 Å². The quantitative estimate of drug-likeness (QED) is 0.868. The number of hydrogen-bond donors (Lipinski definition) is 1. The lowest BCUT2D eigenvalue weighted by Gasteiger charge is -2.09. The van der Waals surface area contributed by atoms with Crippen molar-refractivity contribution in [1.82, 2.24) is 20.3 Å². The second-order valence-corrected chi connectivity index (χ2v) is 4.19. The maximum absolute atomic E-state index is 5.92. The summed E-state index contributed by atoms with van der Waals surface area (Å²) >= 11 is 0. The first kappa shape index (κ1) is 12.4. The Bertz CT molecular complexity index is 508. The van der Waals surface area contributed by atoms with Crippen LogP contribution in [0.4, 0.5) is 0 Å². The average molecular weight is 249 g/mol. The predicted molar refractivity (Wildman–Crippen MR) is 63.6 cm³/mol. The van der Waals surface area contributed by atoms with Crippen molar-refractivity contribution in [2.75, 3.05) is 7.11 Å². The Labute approximate surface area is 104 Å². The zero-order chi connectivity index (χ0) is 13.1. The number of hydrogen-bond acceptors (Lipinski definition) is 7. The van der Waals surface area contributed by atoms with Gasteiger partial charge in [-0.25, -0.2) is 0 Å². The third-order valence-electron chi connectivity index (χ3n) is 2.52. The van der Waals surface area contributed by atoms with Gasteiger partial charge in [0, 0.05) is 6.07 Å². The molecule has 0 amide bonds. The summed E-state index contributed by atoms with van der Waals surface area (Å²) < 4.78 is 10.0. The number of nitrogens with zero attached hydrogens (tertiary/aromatic N) is 4. The van der Waals surface area contributed by atoms with E-state index in [1.165, 1.54) is 7.11 Å². The molecule has 0 aromatic carbocycles. The summed E-state index contributed by atoms with van der Waals surface area (Å²) in [5.74, 6) is 1.43. The van der Waals surface area contributed by atoms with Crippen molar-refractivity contribution in [3.8, 4) is 17.4 Å². The van der Waals surface area contributed by atoms with Crippen molar-refractivity contribution < 1.29 is 9.26 Å². The molecule has 0 spiro atoms. The van der Waals surface area contributed by atoms with Gasteiger partial charge in [-0.1, -0.05) is 19.0 Å². The van der Waals surface area contributed by atoms with Crippen molar-refractivity contribution >= 4 is 0 Å². The van der Waals surface area contributed by atoms with Gasteiger partial charge in [-0.15, -0.1) is 10.2 Å². The summed E-state index contributed by atoms with van der Waals surface area (Å²) in [6.45, 7) is 3.98. The highest BCUT2D eigenvalue weighted by molar-refractivity contribution is 5.47. The summed E-state index contributed by atoms with van der Waals surface area (Å²) in [7, 11) is 1.53. The van der Waals surface area contributed by atoms with Crippen LogP contribution < -0.4 is 10.5 Å². The molecule has 1 unspecified atom stereocenters. The van der Waals surface area contributed by atoms with Gasteiger partial charge in [0.1, 0.15) is 5.69 Å². The van der Waals surface area contributed by atoms with Gasteiger partial charge in [0.2, 0.25) is 17.6 Å². The zero-order valence-corrected chi connectivity index (χ0v) is 10.5. The molecular weight excluding hydrogens is 234 g/mol. The topological polar surface area (TPSA) is 100.0 Å². The predicted octanol–water partition coefficient (Wildman–Crippen LogP) is 1.19. The lowest BCUT2D eigenvalue weighted by molar-refractivity contribution is 0.325. The second-order valence-electron chi connectivity index (χ2n) is 4.19. The zero-order valence-electron chi connectivity index (χ0n) is 10.5. The number of aromatic nitrogens is 4. The van der Waals surface area contributed by atoms with Crippen molar-refractivity contribution in [2.24, 2.45) is 11.7 Å². The first-order valence-corrected chi connectivity index (χ1v) is 5.59. The summed E-state index contributed by atoms with van der Waals surface area (Å²) in [6, 6.07) is 3.11. The standard InChI is InChI=1S/C11H15N5O2/c1-6(2)9(12)11-13-10(16-18-11)7-4-5-8(17-3)15-14-7/h4-6,9H,12H2,1-3H3. The molecule has 0 bridgehead atoms. The van der Waals surface area contributed by atoms with Crippen LogP contribution in [-0.4, -0.2) is 27.4 Å². The molecule has 0 saturated carbocycles. The van der Waals surface area contributed by atoms with E-state index in [9.17, 15) is 0 Å². The molecule has 0 aliphatic carbocycles. The molecule has 0 saturated heterocycles. The average Bonchev–Trinajstić information content (AvgIpc) is 2.87. The molecule has 2 aromatic heterocycles. The van der Waals surface area contributed by atoms with Crippen molar-refractivity contribution in [3.05, 3.63) is 18.0 Å². The van der Waals surface area contributed by atoms with Crippen LogP contribution in [0.1, 0.15) is 25.8 Å². The fourth-order valence-corrected chi connectivity index (χ4v) is 1.31. The Balaban J connectivity index is 2.23. The van der Waals surface area contributed by atoms with Gasteiger partial charge in [0.15, 0.2) is 0 Å². The van der Waals surface area contributed by atoms with E-state index in [0.29, 0.717) is 23.3 Å². The molecule has 0 aliphatic rings. The number of nitrogens with two attached hydrogens (primary N) is 1. The Morgan fingerprint density at radius 3 is 2.61 bits per heavy atom. The van der Waals surface area contributed by atoms with Gasteiger partial charge in [-0.3, -0.25) is 0 Å². The lowest BCUT2D eigenvalue weighted by atomic mass is 10.1. The molecule has 1 atom stereocenters. The molecular formula is C11H15N5O2. The first-order valence-electron chi connectivity index (χ1n) is 5.59. The maximum atomic E-state index is 5.92. The summed E-state index contributed by atoms with van der Waals surface area (Å²) in [5, 5.41) is 11.6. The molecule has 2 aromatic rings. The lowest BCUT2D eigenvalue weighted by Crippen LogP contribution is -2.16. The van der Waals surface area contributed by atoms with E-state index in [1.807, 2.05) is 13.8 Å². The first-order chi connectivity index (χ1) is 8.61. The molecule has 0 radical (unpaired) electrons. The van der Waals surface area contributed by atoms with E-state index >= 15 is 0 Å². The Morgan fingerprint density at radius 2 is 2.06 bits per heavy atom. The summed E-state index contributed by atoms with van der Waals surface area (Å²) in [6.07, 6.45) is 0. The molecule has 0 fully saturated rings. The number of ether oxygens (including phenoxy) is 1. The highest BCUT2D eigenvalue weighted by atomic mass is 16.5. The molecule has 7 heteroatoms. The van der Waals surface area contributed by atoms with Gasteiger partial charge >= 0.3 is 0 Å². The minimum atomic E-state index is -0.280. The Kier molecular flexibility index (Phi) is 3.52. The van der Waals surface area contributed by atoms with Crippen molar-refractivity contribution in [3.63, 3.8) is 0 Å². The second kappa shape index (κ2) is 5.09. The highest BCUT2D eigenvalue weighted by Gasteiger charge is 2.19. The SMILES string of the molecule is COc1ccc(-c2noc(C(N)C(C)C)n2)nn1. The van der Waals surface area contributed by atoms with E-state index < -0.39 is 0 Å². The largest absolute Gasteiger partial charge is 0.480 e. The van der Waals surface area contributed by atoms with E-state index in [1.54, 1.807) is 12.1 Å². The maximum Gasteiger partial charge on any atom is 0.244 e. The van der Waals surface area contributed by atoms with Gasteiger partial charge < -0.3 is 15.0 Å². The summed E-state index contributed by atoms with van der Waals surface area (Å²) in [4.78, 5) is 4.21. The molecule has 2 heterocycles. The Morgan fingerprint density at radius 1 is 1.28 bits per heavy atom. The van der Waals surface area contributed by atoms with Crippen LogP contribution in [0.25, 0.3) is 11.5 Å². The van der Waals surface area contributed by atoms with Crippen LogP contribution in [0.2, 0.25) is 0 Å². The van der Waals surface area contributed by atoms with Gasteiger partial charge in [0.05, 0.1) is 13.2 Å². The monoisotopic (exact) mass is 249 g/mol. The van der Waals surface area contributed by atoms with E-state index in [2.05, 4.69) is 20.3 Å². The van der Waals surface area contributed by atoms with E-state index in [4.69, 9.17) is 15.0 Å². The van der Waals surface area contributed by atoms with E-state index in [-0.39, 0.29) is 12.0 Å². The molecule has 2 N–H and O–H groups in total. The Hall–Kier alpha value is -2.02. The molecule has 18 heavy (non-hydrogen) atoms. The van der Waals surface area contributed by atoms with Crippen LogP contribution in [0.3, 0.4) is 0 Å². The van der Waals surface area contributed by atoms with Crippen LogP contribution in [0.5, 0.6) is 5.88 Å². The van der Waals surface area contributed by atoms with Crippen LogP contribution in [-0.2, 0) is 0 Å². The molecule has 7 nitrogen and oxygen atoms in total. The minimum Gasteiger partial charge on any atom is -0.480 e. The third-order valence-corrected chi connectivity index (χ3v) is 2.52. The summed E-state index contributed by atoms with van der Waals surface area (Å²) in [5.41, 5.74) is 6.44. The van der Waals surface area contributed by atoms with E-state index in [0.717, 1.165) is 0 Å². The van der Waals surface area contributed by atoms with Gasteiger partial charge in [-0.05, 0) is 12.0 Å². The van der Waals surface area contributed by atoms with Crippen molar-refractivity contribution in [1.29, 1.82) is 0 Å². The van der Waals surface area contributed by atoms with Crippen molar-refractivity contribution in [2.45, 2.75) is 19.9 Å². The fraction of sp³-hybridized carbons (Fsp3) is 0.455. The minimum absolute atomic E-state index is 0.222. The van der Waals surface area contributed by atoms with Gasteiger partial charge in [0.25, 0.3) is 0 Å². The number of methoxy groups -OCH3 is 1. The fourth-order valence-electron chi connectivity index (χ4n) is 1.31. The highest BCUT2D eigenvalue weighted by Crippen LogP contribution is 2.20. The van der Waals surface area contributed by atoms with Crippen LogP contribution >= 0.6 is 0 Å². The van der Waals surface area contributed by atoms with Crippen LogP contribution in [0.15, 0.2) is 16.7 Å². The molecule has 96 valence electrons.